The number of carbonyl (C=O) groups is 1. The zero-order valence-corrected chi connectivity index (χ0v) is 11.0. The van der Waals surface area contributed by atoms with Crippen LogP contribution in [0.4, 0.5) is 0 Å². The minimum absolute atomic E-state index is 0.113. The van der Waals surface area contributed by atoms with Crippen LogP contribution in [0.5, 0.6) is 0 Å². The minimum Gasteiger partial charge on any atom is -0.359 e. The summed E-state index contributed by atoms with van der Waals surface area (Å²) in [6, 6.07) is 17.0. The van der Waals surface area contributed by atoms with Gasteiger partial charge in [0.05, 0.1) is 0 Å². The lowest BCUT2D eigenvalue weighted by atomic mass is 9.92. The highest BCUT2D eigenvalue weighted by atomic mass is 16.1. The van der Waals surface area contributed by atoms with Crippen molar-refractivity contribution < 1.29 is 4.79 Å². The fraction of sp³-hybridized carbons (Fsp3) is 0.235. The molecule has 0 unspecified atom stereocenters. The number of nitrogens with one attached hydrogen (secondary N) is 1. The zero-order chi connectivity index (χ0) is 13.2. The summed E-state index contributed by atoms with van der Waals surface area (Å²) in [6.45, 7) is 0. The maximum Gasteiger partial charge on any atom is 0.219 e. The number of carbonyl (C=O) groups excluding carboxylic acids is 1. The highest BCUT2D eigenvalue weighted by molar-refractivity contribution is 5.80. The van der Waals surface area contributed by atoms with E-state index >= 15 is 0 Å². The number of benzene rings is 2. The number of hydrogen-bond donors (Lipinski definition) is 1. The molecule has 0 aromatic heterocycles. The average molecular weight is 251 g/mol. The average Bonchev–Trinajstić information content (AvgIpc) is 2.79. The van der Waals surface area contributed by atoms with E-state index in [-0.39, 0.29) is 5.91 Å². The second kappa shape index (κ2) is 4.88. The van der Waals surface area contributed by atoms with E-state index < -0.39 is 0 Å². The van der Waals surface area contributed by atoms with Crippen LogP contribution in [0, 0.1) is 0 Å². The van der Waals surface area contributed by atoms with Gasteiger partial charge in [0, 0.05) is 19.4 Å². The first-order chi connectivity index (χ1) is 9.31. The number of amides is 1. The summed E-state index contributed by atoms with van der Waals surface area (Å²) in [7, 11) is 1.69. The summed E-state index contributed by atoms with van der Waals surface area (Å²) < 4.78 is 0. The molecule has 96 valence electrons. The van der Waals surface area contributed by atoms with Gasteiger partial charge in [0.15, 0.2) is 0 Å². The molecular weight excluding hydrogens is 234 g/mol. The number of fused-ring (bicyclic) bond motifs is 3. The molecule has 0 aliphatic heterocycles. The molecule has 2 heteroatoms. The van der Waals surface area contributed by atoms with E-state index in [2.05, 4.69) is 53.8 Å². The Bertz CT molecular complexity index is 573. The molecule has 3 rings (SSSR count). The largest absolute Gasteiger partial charge is 0.359 e. The first kappa shape index (κ1) is 12.0. The molecule has 1 aliphatic carbocycles. The van der Waals surface area contributed by atoms with E-state index in [4.69, 9.17) is 0 Å². The van der Waals surface area contributed by atoms with Crippen LogP contribution in [0.2, 0.25) is 0 Å². The van der Waals surface area contributed by atoms with Gasteiger partial charge in [-0.3, -0.25) is 4.79 Å². The molecule has 2 nitrogen and oxygen atoms in total. The molecule has 1 amide bonds. The van der Waals surface area contributed by atoms with Gasteiger partial charge in [-0.1, -0.05) is 48.5 Å². The van der Waals surface area contributed by atoms with Crippen molar-refractivity contribution in [3.63, 3.8) is 0 Å². The van der Waals surface area contributed by atoms with E-state index in [9.17, 15) is 4.79 Å². The van der Waals surface area contributed by atoms with E-state index in [1.165, 1.54) is 22.3 Å². The Morgan fingerprint density at radius 1 is 1.00 bits per heavy atom. The van der Waals surface area contributed by atoms with Crippen LogP contribution in [0.25, 0.3) is 11.1 Å². The molecule has 0 bridgehead atoms. The van der Waals surface area contributed by atoms with Crippen molar-refractivity contribution in [1.29, 1.82) is 0 Å². The lowest BCUT2D eigenvalue weighted by Gasteiger charge is -2.12. The Morgan fingerprint density at radius 3 is 2.05 bits per heavy atom. The van der Waals surface area contributed by atoms with Gasteiger partial charge in [-0.15, -0.1) is 0 Å². The Hall–Kier alpha value is -2.09. The van der Waals surface area contributed by atoms with Crippen LogP contribution in [0.15, 0.2) is 48.5 Å². The van der Waals surface area contributed by atoms with Gasteiger partial charge in [0.2, 0.25) is 5.91 Å². The second-order valence-electron chi connectivity index (χ2n) is 4.94. The van der Waals surface area contributed by atoms with E-state index in [1.807, 2.05) is 0 Å². The highest BCUT2D eigenvalue weighted by Gasteiger charge is 2.27. The first-order valence-corrected chi connectivity index (χ1v) is 6.70. The zero-order valence-electron chi connectivity index (χ0n) is 11.0. The fourth-order valence-electron chi connectivity index (χ4n) is 2.97. The third kappa shape index (κ3) is 2.03. The van der Waals surface area contributed by atoms with E-state index in [1.54, 1.807) is 7.05 Å². The van der Waals surface area contributed by atoms with Gasteiger partial charge in [-0.25, -0.2) is 0 Å². The molecule has 1 N–H and O–H groups in total. The van der Waals surface area contributed by atoms with Crippen LogP contribution in [0.1, 0.15) is 29.9 Å². The number of rotatable bonds is 3. The Labute approximate surface area is 113 Å². The van der Waals surface area contributed by atoms with Gasteiger partial charge in [0.1, 0.15) is 0 Å². The molecular formula is C17H17NO. The summed E-state index contributed by atoms with van der Waals surface area (Å²) in [5.74, 6) is 0.464. The summed E-state index contributed by atoms with van der Waals surface area (Å²) in [6.07, 6.45) is 1.44. The molecule has 2 aromatic carbocycles. The second-order valence-corrected chi connectivity index (χ2v) is 4.94. The predicted molar refractivity (Wildman–Crippen MR) is 77.0 cm³/mol. The van der Waals surface area contributed by atoms with Gasteiger partial charge < -0.3 is 5.32 Å². The maximum atomic E-state index is 11.5. The van der Waals surface area contributed by atoms with Crippen molar-refractivity contribution >= 4 is 5.91 Å². The SMILES string of the molecule is CNC(=O)CCC1c2ccccc2-c2ccccc21. The van der Waals surface area contributed by atoms with Gasteiger partial charge >= 0.3 is 0 Å². The molecule has 0 atom stereocenters. The van der Waals surface area contributed by atoms with Crippen molar-refractivity contribution in [1.82, 2.24) is 5.32 Å². The van der Waals surface area contributed by atoms with Gasteiger partial charge in [-0.2, -0.15) is 0 Å². The van der Waals surface area contributed by atoms with Gasteiger partial charge in [0.25, 0.3) is 0 Å². The summed E-state index contributed by atoms with van der Waals surface area (Å²) in [5, 5.41) is 2.70. The standard InChI is InChI=1S/C17H17NO/c1-18-17(19)11-10-16-14-8-4-2-6-12(14)13-7-3-5-9-15(13)16/h2-9,16H,10-11H2,1H3,(H,18,19). The summed E-state index contributed by atoms with van der Waals surface area (Å²) >= 11 is 0. The van der Waals surface area contributed by atoms with Crippen molar-refractivity contribution in [2.24, 2.45) is 0 Å². The Kier molecular flexibility index (Phi) is 3.08. The maximum absolute atomic E-state index is 11.5. The van der Waals surface area contributed by atoms with Crippen LogP contribution < -0.4 is 5.32 Å². The van der Waals surface area contributed by atoms with E-state index in [0.29, 0.717) is 12.3 Å². The smallest absolute Gasteiger partial charge is 0.219 e. The third-order valence-electron chi connectivity index (χ3n) is 3.90. The number of hydrogen-bond acceptors (Lipinski definition) is 1. The van der Waals surface area contributed by atoms with Crippen LogP contribution in [-0.2, 0) is 4.79 Å². The van der Waals surface area contributed by atoms with Crippen molar-refractivity contribution in [3.05, 3.63) is 59.7 Å². The molecule has 0 heterocycles. The Balaban J connectivity index is 1.98. The molecule has 0 spiro atoms. The third-order valence-corrected chi connectivity index (χ3v) is 3.90. The van der Waals surface area contributed by atoms with Crippen LogP contribution >= 0.6 is 0 Å². The molecule has 19 heavy (non-hydrogen) atoms. The molecule has 0 radical (unpaired) electrons. The topological polar surface area (TPSA) is 29.1 Å². The molecule has 0 saturated heterocycles. The summed E-state index contributed by atoms with van der Waals surface area (Å²) in [4.78, 5) is 11.5. The van der Waals surface area contributed by atoms with Crippen LogP contribution in [0.3, 0.4) is 0 Å². The van der Waals surface area contributed by atoms with Gasteiger partial charge in [-0.05, 0) is 28.7 Å². The Morgan fingerprint density at radius 2 is 1.53 bits per heavy atom. The quantitative estimate of drug-likeness (QED) is 0.890. The van der Waals surface area contributed by atoms with Crippen molar-refractivity contribution in [3.8, 4) is 11.1 Å². The first-order valence-electron chi connectivity index (χ1n) is 6.70. The van der Waals surface area contributed by atoms with Crippen molar-refractivity contribution in [2.45, 2.75) is 18.8 Å². The molecule has 2 aromatic rings. The monoisotopic (exact) mass is 251 g/mol. The lowest BCUT2D eigenvalue weighted by Crippen LogP contribution is -2.18. The fourth-order valence-corrected chi connectivity index (χ4v) is 2.97. The molecule has 0 fully saturated rings. The van der Waals surface area contributed by atoms with E-state index in [0.717, 1.165) is 6.42 Å². The molecule has 0 saturated carbocycles. The normalized spacial score (nSPS) is 12.9. The highest BCUT2D eigenvalue weighted by Crippen LogP contribution is 2.46. The van der Waals surface area contributed by atoms with Crippen molar-refractivity contribution in [2.75, 3.05) is 7.05 Å². The molecule has 1 aliphatic rings. The minimum atomic E-state index is 0.113. The van der Waals surface area contributed by atoms with Crippen LogP contribution in [-0.4, -0.2) is 13.0 Å². The lowest BCUT2D eigenvalue weighted by molar-refractivity contribution is -0.120. The summed E-state index contributed by atoms with van der Waals surface area (Å²) in [5.41, 5.74) is 5.35. The predicted octanol–water partition coefficient (Wildman–Crippen LogP) is 3.33.